The Labute approximate surface area is 116 Å². The molecule has 2 unspecified atom stereocenters. The van der Waals surface area contributed by atoms with Crippen molar-refractivity contribution in [3.8, 4) is 0 Å². The van der Waals surface area contributed by atoms with Crippen LogP contribution in [0, 0.1) is 11.7 Å². The Morgan fingerprint density at radius 2 is 2.22 bits per heavy atom. The van der Waals surface area contributed by atoms with Gasteiger partial charge in [-0.3, -0.25) is 4.79 Å². The second kappa shape index (κ2) is 5.45. The highest BCUT2D eigenvalue weighted by molar-refractivity contribution is 6.31. The van der Waals surface area contributed by atoms with E-state index in [1.165, 1.54) is 18.2 Å². The molecule has 1 aliphatic rings. The first kappa shape index (κ1) is 13.6. The molecule has 1 aromatic carbocycles. The molecule has 2 rings (SSSR count). The van der Waals surface area contributed by atoms with Gasteiger partial charge in [0.05, 0.1) is 10.9 Å². The summed E-state index contributed by atoms with van der Waals surface area (Å²) in [5.41, 5.74) is 0.0147. The van der Waals surface area contributed by atoms with E-state index in [0.717, 1.165) is 6.42 Å². The predicted molar refractivity (Wildman–Crippen MR) is 70.7 cm³/mol. The molecule has 0 bridgehead atoms. The fourth-order valence-electron chi connectivity index (χ4n) is 2.04. The van der Waals surface area contributed by atoms with Gasteiger partial charge in [-0.1, -0.05) is 18.5 Å². The van der Waals surface area contributed by atoms with Crippen LogP contribution >= 0.6 is 23.2 Å². The van der Waals surface area contributed by atoms with E-state index < -0.39 is 5.82 Å². The van der Waals surface area contributed by atoms with E-state index in [9.17, 15) is 9.18 Å². The molecule has 1 fully saturated rings. The molecule has 2 atom stereocenters. The van der Waals surface area contributed by atoms with Gasteiger partial charge >= 0.3 is 0 Å². The number of rotatable bonds is 1. The zero-order valence-corrected chi connectivity index (χ0v) is 11.5. The molecule has 98 valence electrons. The van der Waals surface area contributed by atoms with Crippen molar-refractivity contribution in [2.24, 2.45) is 5.92 Å². The van der Waals surface area contributed by atoms with Crippen molar-refractivity contribution in [2.45, 2.75) is 18.7 Å². The molecule has 1 aromatic rings. The molecular weight excluding hydrogens is 276 g/mol. The van der Waals surface area contributed by atoms with E-state index in [2.05, 4.69) is 6.92 Å². The minimum Gasteiger partial charge on any atom is -0.337 e. The second-order valence-electron chi connectivity index (χ2n) is 4.66. The number of halogens is 3. The first-order valence-corrected chi connectivity index (χ1v) is 6.69. The van der Waals surface area contributed by atoms with Crippen molar-refractivity contribution in [2.75, 3.05) is 13.1 Å². The van der Waals surface area contributed by atoms with Gasteiger partial charge < -0.3 is 4.90 Å². The molecule has 5 heteroatoms. The summed E-state index contributed by atoms with van der Waals surface area (Å²) < 4.78 is 13.6. The van der Waals surface area contributed by atoms with Gasteiger partial charge in [-0.25, -0.2) is 4.39 Å². The van der Waals surface area contributed by atoms with Crippen molar-refractivity contribution < 1.29 is 9.18 Å². The zero-order chi connectivity index (χ0) is 13.3. The highest BCUT2D eigenvalue weighted by Gasteiger charge is 2.29. The Morgan fingerprint density at radius 1 is 1.50 bits per heavy atom. The van der Waals surface area contributed by atoms with Crippen LogP contribution in [0.3, 0.4) is 0 Å². The van der Waals surface area contributed by atoms with Gasteiger partial charge in [0, 0.05) is 18.1 Å². The van der Waals surface area contributed by atoms with Gasteiger partial charge in [0.15, 0.2) is 0 Å². The molecule has 0 saturated carbocycles. The van der Waals surface area contributed by atoms with Crippen LogP contribution in [0.5, 0.6) is 0 Å². The van der Waals surface area contributed by atoms with Crippen LogP contribution in [0.4, 0.5) is 4.39 Å². The van der Waals surface area contributed by atoms with Gasteiger partial charge in [-0.2, -0.15) is 0 Å². The summed E-state index contributed by atoms with van der Waals surface area (Å²) >= 11 is 11.9. The Balaban J connectivity index is 2.19. The quantitative estimate of drug-likeness (QED) is 0.724. The molecule has 1 aliphatic heterocycles. The molecule has 1 amide bonds. The topological polar surface area (TPSA) is 20.3 Å². The van der Waals surface area contributed by atoms with E-state index in [-0.39, 0.29) is 16.8 Å². The SMILES string of the molecule is CC1CCN(C(=O)c2cc(Cl)ccc2F)CC1Cl. The van der Waals surface area contributed by atoms with Crippen molar-refractivity contribution in [1.29, 1.82) is 0 Å². The third kappa shape index (κ3) is 2.78. The number of hydrogen-bond donors (Lipinski definition) is 0. The standard InChI is InChI=1S/C13H14Cl2FNO/c1-8-4-5-17(7-11(8)15)13(18)10-6-9(14)2-3-12(10)16/h2-3,6,8,11H,4-5,7H2,1H3. The summed E-state index contributed by atoms with van der Waals surface area (Å²) in [7, 11) is 0. The van der Waals surface area contributed by atoms with Crippen molar-refractivity contribution in [3.05, 3.63) is 34.6 Å². The van der Waals surface area contributed by atoms with Crippen molar-refractivity contribution >= 4 is 29.1 Å². The predicted octanol–water partition coefficient (Wildman–Crippen LogP) is 3.57. The molecule has 1 heterocycles. The minimum absolute atomic E-state index is 0.0147. The van der Waals surface area contributed by atoms with Gasteiger partial charge in [0.2, 0.25) is 0 Å². The first-order valence-electron chi connectivity index (χ1n) is 5.87. The number of piperidine rings is 1. The monoisotopic (exact) mass is 289 g/mol. The average molecular weight is 290 g/mol. The lowest BCUT2D eigenvalue weighted by molar-refractivity contribution is 0.0696. The van der Waals surface area contributed by atoms with Crippen LogP contribution in [0.15, 0.2) is 18.2 Å². The maximum absolute atomic E-state index is 13.6. The smallest absolute Gasteiger partial charge is 0.256 e. The van der Waals surface area contributed by atoms with Crippen LogP contribution in [0.1, 0.15) is 23.7 Å². The fraction of sp³-hybridized carbons (Fsp3) is 0.462. The van der Waals surface area contributed by atoms with Gasteiger partial charge in [0.25, 0.3) is 5.91 Å². The van der Waals surface area contributed by atoms with Gasteiger partial charge in [-0.15, -0.1) is 11.6 Å². The lowest BCUT2D eigenvalue weighted by Gasteiger charge is -2.34. The Morgan fingerprint density at radius 3 is 2.89 bits per heavy atom. The number of alkyl halides is 1. The van der Waals surface area contributed by atoms with Crippen LogP contribution in [0.2, 0.25) is 5.02 Å². The number of nitrogens with zero attached hydrogens (tertiary/aromatic N) is 1. The van der Waals surface area contributed by atoms with Crippen LogP contribution in [0.25, 0.3) is 0 Å². The Hall–Kier alpha value is -0.800. The van der Waals surface area contributed by atoms with E-state index >= 15 is 0 Å². The fourth-order valence-corrected chi connectivity index (χ4v) is 2.50. The summed E-state index contributed by atoms with van der Waals surface area (Å²) in [5, 5.41) is 0.275. The lowest BCUT2D eigenvalue weighted by Crippen LogP contribution is -2.44. The van der Waals surface area contributed by atoms with Crippen LogP contribution < -0.4 is 0 Å². The second-order valence-corrected chi connectivity index (χ2v) is 5.65. The number of likely N-dealkylation sites (tertiary alicyclic amines) is 1. The first-order chi connectivity index (χ1) is 8.49. The summed E-state index contributed by atoms with van der Waals surface area (Å²) in [6, 6.07) is 4.00. The van der Waals surface area contributed by atoms with Crippen LogP contribution in [-0.4, -0.2) is 29.3 Å². The maximum Gasteiger partial charge on any atom is 0.256 e. The minimum atomic E-state index is -0.547. The molecule has 2 nitrogen and oxygen atoms in total. The summed E-state index contributed by atoms with van der Waals surface area (Å²) in [6.07, 6.45) is 0.835. The number of benzene rings is 1. The van der Waals surface area contributed by atoms with E-state index in [1.807, 2.05) is 0 Å². The molecule has 0 N–H and O–H groups in total. The number of carbonyl (C=O) groups excluding carboxylic acids is 1. The maximum atomic E-state index is 13.6. The van der Waals surface area contributed by atoms with E-state index in [0.29, 0.717) is 24.0 Å². The molecule has 0 aromatic heterocycles. The van der Waals surface area contributed by atoms with Gasteiger partial charge in [-0.05, 0) is 30.5 Å². The van der Waals surface area contributed by atoms with Gasteiger partial charge in [0.1, 0.15) is 5.82 Å². The Bertz CT molecular complexity index is 466. The van der Waals surface area contributed by atoms with E-state index in [4.69, 9.17) is 23.2 Å². The highest BCUT2D eigenvalue weighted by Crippen LogP contribution is 2.24. The third-order valence-electron chi connectivity index (χ3n) is 3.31. The molecule has 0 spiro atoms. The molecule has 0 aliphatic carbocycles. The summed E-state index contributed by atoms with van der Waals surface area (Å²) in [5.74, 6) is -0.512. The summed E-state index contributed by atoms with van der Waals surface area (Å²) in [6.45, 7) is 3.11. The lowest BCUT2D eigenvalue weighted by atomic mass is 9.98. The van der Waals surface area contributed by atoms with Crippen molar-refractivity contribution in [3.63, 3.8) is 0 Å². The number of amides is 1. The normalized spacial score (nSPS) is 24.1. The van der Waals surface area contributed by atoms with E-state index in [1.54, 1.807) is 4.90 Å². The third-order valence-corrected chi connectivity index (χ3v) is 4.12. The highest BCUT2D eigenvalue weighted by atomic mass is 35.5. The molecule has 1 saturated heterocycles. The van der Waals surface area contributed by atoms with Crippen molar-refractivity contribution in [1.82, 2.24) is 4.90 Å². The Kier molecular flexibility index (Phi) is 4.13. The zero-order valence-electron chi connectivity index (χ0n) is 10.00. The molecule has 18 heavy (non-hydrogen) atoms. The molecule has 0 radical (unpaired) electrons. The van der Waals surface area contributed by atoms with Crippen LogP contribution in [-0.2, 0) is 0 Å². The molecular formula is C13H14Cl2FNO. The number of carbonyl (C=O) groups is 1. The average Bonchev–Trinajstić information content (AvgIpc) is 2.35. The summed E-state index contributed by atoms with van der Waals surface area (Å²) in [4.78, 5) is 13.8. The number of hydrogen-bond acceptors (Lipinski definition) is 1. The largest absolute Gasteiger partial charge is 0.337 e.